The van der Waals surface area contributed by atoms with Crippen LogP contribution in [-0.2, 0) is 44.4 Å². The number of morpholine rings is 1. The van der Waals surface area contributed by atoms with Crippen LogP contribution in [0.1, 0.15) is 127 Å². The molecule has 0 amide bonds. The van der Waals surface area contributed by atoms with Crippen LogP contribution in [0.5, 0.6) is 23.0 Å². The molecule has 2 aromatic carbocycles. The quantitative estimate of drug-likeness (QED) is 0.0880. The van der Waals surface area contributed by atoms with Gasteiger partial charge in [-0.1, -0.05) is 29.4 Å². The smallest absolute Gasteiger partial charge is 0.343 e. The van der Waals surface area contributed by atoms with Gasteiger partial charge in [0.05, 0.1) is 49.6 Å². The van der Waals surface area contributed by atoms with Crippen molar-refractivity contribution < 1.29 is 76.8 Å². The zero-order valence-corrected chi connectivity index (χ0v) is 45.5. The van der Waals surface area contributed by atoms with Crippen molar-refractivity contribution in [3.8, 4) is 23.0 Å². The first-order chi connectivity index (χ1) is 35.9. The molecular weight excluding hydrogens is 979 g/mol. The molecule has 3 aliphatic carbocycles. The zero-order valence-electron chi connectivity index (χ0n) is 45.5. The van der Waals surface area contributed by atoms with Crippen LogP contribution in [0.3, 0.4) is 0 Å². The van der Waals surface area contributed by atoms with Crippen molar-refractivity contribution in [2.45, 2.75) is 166 Å². The maximum Gasteiger partial charge on any atom is 0.343 e. The monoisotopic (exact) mass is 1050 g/mol. The number of fused-ring (bicyclic) bond motifs is 3. The Morgan fingerprint density at radius 1 is 0.895 bits per heavy atom. The van der Waals surface area contributed by atoms with Crippen molar-refractivity contribution in [1.82, 2.24) is 4.90 Å². The standard InChI is InChI=1S/C59H73NO16/c1-31(2)13-12-22-57(10)23-21-37-47(74-57)36(19-14-32(3)4)49-41(48(37)72-53(66)34-15-17-35(18-16-34)70-54-46(63)45(62)50-39(71-54)30-69-56(8,9)73-50)44(61)42-43(60-25-27-68-28-26-60)38-29-40-55(6,7)76-58(51(38)64,59(40,42)75-49)24-20-33(5)52(65)67-11/h13-18,20-21,23,38-40,42-43,45-46,50,54,62-63H,12,19,22,24-30H2,1-11H3/t38?,39-,40?,42?,43?,45-,46-,50-,54-,57?,58?,59?/m1/s1. The van der Waals surface area contributed by atoms with Gasteiger partial charge in [-0.05, 0) is 131 Å². The maximum absolute atomic E-state index is 16.7. The molecule has 0 aromatic heterocycles. The first-order valence-corrected chi connectivity index (χ1v) is 26.7. The summed E-state index contributed by atoms with van der Waals surface area (Å²) in [5.74, 6) is -4.32. The van der Waals surface area contributed by atoms with E-state index in [2.05, 4.69) is 11.0 Å². The van der Waals surface area contributed by atoms with Crippen LogP contribution in [0.4, 0.5) is 0 Å². The van der Waals surface area contributed by atoms with Gasteiger partial charge in [0.25, 0.3) is 0 Å². The van der Waals surface area contributed by atoms with E-state index in [1.807, 2.05) is 66.7 Å². The molecule has 4 bridgehead atoms. The Balaban J connectivity index is 1.11. The average Bonchev–Trinajstić information content (AvgIpc) is 2.62. The Morgan fingerprint density at radius 3 is 2.29 bits per heavy atom. The van der Waals surface area contributed by atoms with Gasteiger partial charge in [-0.25, -0.2) is 9.59 Å². The highest BCUT2D eigenvalue weighted by molar-refractivity contribution is 6.11. The lowest BCUT2D eigenvalue weighted by Gasteiger charge is -2.64. The molecule has 4 saturated heterocycles. The predicted octanol–water partition coefficient (Wildman–Crippen LogP) is 7.21. The number of Topliss-reactive ketones (excluding diaryl/α,β-unsaturated/α-hetero) is 2. The van der Waals surface area contributed by atoms with Crippen molar-refractivity contribution in [3.05, 3.63) is 87.5 Å². The number of carbonyl (C=O) groups is 4. The van der Waals surface area contributed by atoms with E-state index in [1.54, 1.807) is 26.8 Å². The molecule has 2 N–H and O–H groups in total. The lowest BCUT2D eigenvalue weighted by Crippen LogP contribution is -2.82. The summed E-state index contributed by atoms with van der Waals surface area (Å²) in [5.41, 5.74) is -1.60. The SMILES string of the molecule is COC(=O)C(C)=CCC12OC(C)(C)C3CC(C1=O)C(N1CCOCC1)C1C(=O)c4c(OC(=O)c5ccc(O[C@@H]6O[C@@H]7COC(C)(C)O[C@H]7[C@H](O)[C@H]6O)cc5)c5c(c(CC=C(C)C)c4OC132)OC(C)(CCC=C(C)C)C=C5. The van der Waals surface area contributed by atoms with E-state index in [0.717, 1.165) is 5.57 Å². The van der Waals surface area contributed by atoms with E-state index < -0.39 is 94.6 Å². The first kappa shape index (κ1) is 54.1. The van der Waals surface area contributed by atoms with Crippen LogP contribution >= 0.6 is 0 Å². The topological polar surface area (TPSA) is 204 Å². The highest BCUT2D eigenvalue weighted by atomic mass is 16.8. The summed E-state index contributed by atoms with van der Waals surface area (Å²) in [6, 6.07) is 5.39. The minimum absolute atomic E-state index is 0.0439. The number of ether oxygens (including phenoxy) is 10. The zero-order chi connectivity index (χ0) is 54.4. The molecule has 7 fully saturated rings. The third kappa shape index (κ3) is 9.05. The van der Waals surface area contributed by atoms with Gasteiger partial charge in [0, 0.05) is 48.5 Å². The van der Waals surface area contributed by atoms with Crippen molar-refractivity contribution in [2.24, 2.45) is 17.8 Å². The Kier molecular flexibility index (Phi) is 14.2. The Hall–Kier alpha value is -5.24. The fourth-order valence-electron chi connectivity index (χ4n) is 13.2. The molecule has 1 spiro atoms. The number of methoxy groups -OCH3 is 1. The largest absolute Gasteiger partial charge is 0.482 e. The van der Waals surface area contributed by atoms with E-state index in [-0.39, 0.29) is 65.0 Å². The minimum atomic E-state index is -1.72. The van der Waals surface area contributed by atoms with Gasteiger partial charge in [-0.3, -0.25) is 14.5 Å². The van der Waals surface area contributed by atoms with Crippen molar-refractivity contribution in [2.75, 3.05) is 40.0 Å². The lowest BCUT2D eigenvalue weighted by atomic mass is 9.44. The Labute approximate surface area is 444 Å². The molecule has 6 aliphatic heterocycles. The van der Waals surface area contributed by atoms with Gasteiger partial charge in [-0.15, -0.1) is 0 Å². The van der Waals surface area contributed by atoms with Crippen molar-refractivity contribution in [1.29, 1.82) is 0 Å². The molecule has 7 unspecified atom stereocenters. The number of aliphatic hydroxyl groups is 2. The van der Waals surface area contributed by atoms with Crippen LogP contribution in [0.2, 0.25) is 0 Å². The summed E-state index contributed by atoms with van der Waals surface area (Å²) in [6.07, 6.45) is 5.91. The molecule has 6 heterocycles. The fourth-order valence-corrected chi connectivity index (χ4v) is 13.2. The van der Waals surface area contributed by atoms with Crippen LogP contribution in [0, 0.1) is 17.8 Å². The van der Waals surface area contributed by atoms with Crippen LogP contribution < -0.4 is 18.9 Å². The van der Waals surface area contributed by atoms with Gasteiger partial charge < -0.3 is 57.6 Å². The number of esters is 2. The molecule has 2 aromatic rings. The normalized spacial score (nSPS) is 34.6. The van der Waals surface area contributed by atoms with Crippen LogP contribution in [0.25, 0.3) is 6.08 Å². The van der Waals surface area contributed by atoms with Crippen LogP contribution in [-0.4, -0.2) is 144 Å². The summed E-state index contributed by atoms with van der Waals surface area (Å²) >= 11 is 0. The van der Waals surface area contributed by atoms with Gasteiger partial charge in [-0.2, -0.15) is 0 Å². The molecular formula is C59H73NO16. The molecule has 17 heteroatoms. The number of rotatable bonds is 13. The number of carbonyl (C=O) groups excluding carboxylic acids is 4. The summed E-state index contributed by atoms with van der Waals surface area (Å²) in [5, 5.41) is 22.1. The van der Waals surface area contributed by atoms with E-state index in [9.17, 15) is 19.8 Å². The summed E-state index contributed by atoms with van der Waals surface area (Å²) < 4.78 is 63.3. The number of ketones is 2. The Bertz CT molecular complexity index is 2790. The summed E-state index contributed by atoms with van der Waals surface area (Å²) in [7, 11) is 1.30. The van der Waals surface area contributed by atoms with Gasteiger partial charge >= 0.3 is 11.9 Å². The summed E-state index contributed by atoms with van der Waals surface area (Å²) in [6.45, 7) is 20.9. The van der Waals surface area contributed by atoms with Gasteiger partial charge in [0.15, 0.2) is 34.3 Å². The average molecular weight is 1050 g/mol. The minimum Gasteiger partial charge on any atom is -0.482 e. The number of nitrogens with zero attached hydrogens (tertiary/aromatic N) is 1. The number of allylic oxidation sites excluding steroid dienone is 4. The van der Waals surface area contributed by atoms with E-state index >= 15 is 9.59 Å². The lowest BCUT2D eigenvalue weighted by molar-refractivity contribution is -0.373. The van der Waals surface area contributed by atoms with Crippen molar-refractivity contribution in [3.63, 3.8) is 0 Å². The molecule has 0 radical (unpaired) electrons. The third-order valence-corrected chi connectivity index (χ3v) is 16.9. The maximum atomic E-state index is 16.7. The molecule has 76 heavy (non-hydrogen) atoms. The van der Waals surface area contributed by atoms with Gasteiger partial charge in [0.2, 0.25) is 6.29 Å². The molecule has 3 saturated carbocycles. The molecule has 11 rings (SSSR count). The second kappa shape index (κ2) is 19.9. The number of hydrogen-bond acceptors (Lipinski definition) is 17. The molecule has 12 atom stereocenters. The third-order valence-electron chi connectivity index (χ3n) is 16.9. The number of aliphatic hydroxyl groups excluding tert-OH is 2. The fraction of sp³-hybridized carbons (Fsp3) is 0.593. The van der Waals surface area contributed by atoms with E-state index in [4.69, 9.17) is 47.4 Å². The second-order valence-corrected chi connectivity index (χ2v) is 23.4. The predicted molar refractivity (Wildman–Crippen MR) is 276 cm³/mol. The summed E-state index contributed by atoms with van der Waals surface area (Å²) in [4.78, 5) is 62.3. The molecule has 410 valence electrons. The van der Waals surface area contributed by atoms with E-state index in [1.165, 1.54) is 36.9 Å². The highest BCUT2D eigenvalue weighted by Crippen LogP contribution is 2.71. The van der Waals surface area contributed by atoms with Crippen molar-refractivity contribution >= 4 is 29.6 Å². The second-order valence-electron chi connectivity index (χ2n) is 23.4. The molecule has 9 aliphatic rings. The first-order valence-electron chi connectivity index (χ1n) is 26.7. The molecule has 17 nitrogen and oxygen atoms in total. The number of hydrogen-bond donors (Lipinski definition) is 2. The van der Waals surface area contributed by atoms with E-state index in [0.29, 0.717) is 62.4 Å². The highest BCUT2D eigenvalue weighted by Gasteiger charge is 2.86. The van der Waals surface area contributed by atoms with Crippen LogP contribution in [0.15, 0.2) is 65.3 Å². The Morgan fingerprint density at radius 2 is 1.61 bits per heavy atom. The number of benzene rings is 2. The van der Waals surface area contributed by atoms with Gasteiger partial charge in [0.1, 0.15) is 52.8 Å².